The van der Waals surface area contributed by atoms with Gasteiger partial charge in [-0.25, -0.2) is 13.9 Å². The van der Waals surface area contributed by atoms with Crippen LogP contribution in [0.5, 0.6) is 0 Å². The van der Waals surface area contributed by atoms with E-state index in [2.05, 4.69) is 35.8 Å². The molecule has 11 heteroatoms. The Morgan fingerprint density at radius 3 is 2.68 bits per heavy atom. The van der Waals surface area contributed by atoms with Crippen LogP contribution in [-0.4, -0.2) is 35.8 Å². The Morgan fingerprint density at radius 2 is 1.88 bits per heavy atom. The topological polar surface area (TPSA) is 109 Å². The van der Waals surface area contributed by atoms with Gasteiger partial charge in [-0.1, -0.05) is 11.8 Å². The lowest BCUT2D eigenvalue weighted by Gasteiger charge is -1.98. The van der Waals surface area contributed by atoms with E-state index in [-0.39, 0.29) is 0 Å². The van der Waals surface area contributed by atoms with E-state index in [1.165, 1.54) is 17.8 Å². The fourth-order valence-electron chi connectivity index (χ4n) is 2.07. The zero-order valence-corrected chi connectivity index (χ0v) is 13.2. The highest BCUT2D eigenvalue weighted by Crippen LogP contribution is 2.28. The Hall–Kier alpha value is -3.08. The SMILES string of the molecule is Fc1ccc(-c2ccc(-c3nnc(SCc4nnn[nH]4)[nH]3)o2)cc1F. The molecule has 0 amide bonds. The molecular weight excluding hydrogens is 352 g/mol. The van der Waals surface area contributed by atoms with Crippen LogP contribution in [0.1, 0.15) is 5.82 Å². The van der Waals surface area contributed by atoms with Crippen molar-refractivity contribution in [2.24, 2.45) is 0 Å². The van der Waals surface area contributed by atoms with Crippen LogP contribution >= 0.6 is 11.8 Å². The molecular formula is C14H9F2N7OS. The number of benzene rings is 1. The molecule has 0 atom stereocenters. The summed E-state index contributed by atoms with van der Waals surface area (Å²) in [5.41, 5.74) is 0.428. The number of furan rings is 1. The minimum atomic E-state index is -0.935. The molecule has 1 aromatic carbocycles. The summed E-state index contributed by atoms with van der Waals surface area (Å²) in [6.45, 7) is 0. The molecule has 0 fully saturated rings. The molecule has 4 rings (SSSR count). The first-order valence-electron chi connectivity index (χ1n) is 7.03. The van der Waals surface area contributed by atoms with Gasteiger partial charge in [-0.3, -0.25) is 0 Å². The van der Waals surface area contributed by atoms with Gasteiger partial charge in [0.25, 0.3) is 0 Å². The monoisotopic (exact) mass is 361 g/mol. The summed E-state index contributed by atoms with van der Waals surface area (Å²) in [6.07, 6.45) is 0. The van der Waals surface area contributed by atoms with Crippen molar-refractivity contribution in [1.29, 1.82) is 0 Å². The van der Waals surface area contributed by atoms with E-state index in [4.69, 9.17) is 4.42 Å². The molecule has 0 aliphatic rings. The fraction of sp³-hybridized carbons (Fsp3) is 0.0714. The second-order valence-electron chi connectivity index (χ2n) is 4.91. The minimum absolute atomic E-state index is 0.396. The van der Waals surface area contributed by atoms with Crippen molar-refractivity contribution < 1.29 is 13.2 Å². The van der Waals surface area contributed by atoms with Crippen molar-refractivity contribution in [3.63, 3.8) is 0 Å². The molecule has 0 saturated heterocycles. The van der Waals surface area contributed by atoms with E-state index in [9.17, 15) is 8.78 Å². The second-order valence-corrected chi connectivity index (χ2v) is 5.87. The van der Waals surface area contributed by atoms with Gasteiger partial charge in [0, 0.05) is 5.56 Å². The number of nitrogens with zero attached hydrogens (tertiary/aromatic N) is 5. The Balaban J connectivity index is 1.51. The lowest BCUT2D eigenvalue weighted by Crippen LogP contribution is -1.85. The molecule has 0 bridgehead atoms. The van der Waals surface area contributed by atoms with Crippen molar-refractivity contribution in [2.45, 2.75) is 10.9 Å². The molecule has 0 spiro atoms. The van der Waals surface area contributed by atoms with Crippen molar-refractivity contribution in [3.8, 4) is 22.9 Å². The zero-order valence-electron chi connectivity index (χ0n) is 12.4. The Bertz CT molecular complexity index is 998. The molecule has 0 aliphatic carbocycles. The third-order valence-corrected chi connectivity index (χ3v) is 4.12. The molecule has 25 heavy (non-hydrogen) atoms. The van der Waals surface area contributed by atoms with Gasteiger partial charge in [0.2, 0.25) is 0 Å². The quantitative estimate of drug-likeness (QED) is 0.526. The number of aromatic nitrogens is 7. The Kier molecular flexibility index (Phi) is 3.98. The van der Waals surface area contributed by atoms with Gasteiger partial charge in [0.15, 0.2) is 34.2 Å². The number of aromatic amines is 2. The standard InChI is InChI=1S/C14H9F2N7OS/c15-8-2-1-7(5-9(8)16)10-3-4-11(24-10)13-17-14(21-20-13)25-6-12-18-22-23-19-12/h1-5H,6H2,(H,17,20,21)(H,18,19,22,23). The third kappa shape index (κ3) is 3.26. The molecule has 0 unspecified atom stereocenters. The van der Waals surface area contributed by atoms with Gasteiger partial charge in [0.1, 0.15) is 5.76 Å². The molecule has 3 aromatic heterocycles. The van der Waals surface area contributed by atoms with Crippen LogP contribution in [0, 0.1) is 11.6 Å². The highest BCUT2D eigenvalue weighted by molar-refractivity contribution is 7.98. The molecule has 0 aliphatic heterocycles. The Labute approximate surface area is 143 Å². The van der Waals surface area contributed by atoms with E-state index in [1.54, 1.807) is 12.1 Å². The number of hydrogen-bond donors (Lipinski definition) is 2. The van der Waals surface area contributed by atoms with Crippen LogP contribution < -0.4 is 0 Å². The van der Waals surface area contributed by atoms with Crippen molar-refractivity contribution >= 4 is 11.8 Å². The van der Waals surface area contributed by atoms with Crippen molar-refractivity contribution in [2.75, 3.05) is 0 Å². The third-order valence-electron chi connectivity index (χ3n) is 3.24. The van der Waals surface area contributed by atoms with Crippen LogP contribution in [0.2, 0.25) is 0 Å². The molecule has 4 aromatic rings. The average molecular weight is 361 g/mol. The predicted molar refractivity (Wildman–Crippen MR) is 83.2 cm³/mol. The molecule has 8 nitrogen and oxygen atoms in total. The van der Waals surface area contributed by atoms with E-state index in [1.807, 2.05) is 0 Å². The highest BCUT2D eigenvalue weighted by Gasteiger charge is 2.13. The van der Waals surface area contributed by atoms with Crippen molar-refractivity contribution in [3.05, 3.63) is 47.8 Å². The van der Waals surface area contributed by atoms with E-state index in [0.717, 1.165) is 12.1 Å². The van der Waals surface area contributed by atoms with E-state index in [0.29, 0.717) is 39.6 Å². The van der Waals surface area contributed by atoms with Crippen LogP contribution in [0.3, 0.4) is 0 Å². The number of tetrazole rings is 1. The number of rotatable bonds is 5. The number of nitrogens with one attached hydrogen (secondary N) is 2. The van der Waals surface area contributed by atoms with Crippen LogP contribution in [0.25, 0.3) is 22.9 Å². The van der Waals surface area contributed by atoms with Gasteiger partial charge < -0.3 is 9.40 Å². The smallest absolute Gasteiger partial charge is 0.197 e. The maximum absolute atomic E-state index is 13.3. The van der Waals surface area contributed by atoms with Crippen LogP contribution in [-0.2, 0) is 5.75 Å². The van der Waals surface area contributed by atoms with Gasteiger partial charge in [0.05, 0.1) is 5.75 Å². The maximum Gasteiger partial charge on any atom is 0.197 e. The summed E-state index contributed by atoms with van der Waals surface area (Å²) in [5.74, 6) is 0.520. The number of thioether (sulfide) groups is 1. The van der Waals surface area contributed by atoms with Gasteiger partial charge >= 0.3 is 0 Å². The number of halogens is 2. The number of H-pyrrole nitrogens is 2. The predicted octanol–water partition coefficient (Wildman–Crippen LogP) is 2.82. The molecule has 3 heterocycles. The number of hydrogen-bond acceptors (Lipinski definition) is 7. The zero-order chi connectivity index (χ0) is 17.2. The summed E-state index contributed by atoms with van der Waals surface area (Å²) >= 11 is 1.36. The lowest BCUT2D eigenvalue weighted by atomic mass is 10.1. The van der Waals surface area contributed by atoms with Crippen LogP contribution in [0.15, 0.2) is 39.9 Å². The largest absolute Gasteiger partial charge is 0.453 e. The summed E-state index contributed by atoms with van der Waals surface area (Å²) in [4.78, 5) is 3.01. The summed E-state index contributed by atoms with van der Waals surface area (Å²) in [6, 6.07) is 6.89. The normalized spacial score (nSPS) is 11.1. The average Bonchev–Trinajstić information content (AvgIpc) is 3.36. The first-order valence-corrected chi connectivity index (χ1v) is 8.01. The first-order chi connectivity index (χ1) is 12.2. The first kappa shape index (κ1) is 15.4. The fourth-order valence-corrected chi connectivity index (χ4v) is 2.73. The maximum atomic E-state index is 13.3. The van der Waals surface area contributed by atoms with Gasteiger partial charge in [-0.05, 0) is 40.8 Å². The molecule has 2 N–H and O–H groups in total. The van der Waals surface area contributed by atoms with E-state index < -0.39 is 11.6 Å². The molecule has 0 radical (unpaired) electrons. The van der Waals surface area contributed by atoms with Crippen LogP contribution in [0.4, 0.5) is 8.78 Å². The Morgan fingerprint density at radius 1 is 1.00 bits per heavy atom. The minimum Gasteiger partial charge on any atom is -0.453 e. The highest BCUT2D eigenvalue weighted by atomic mass is 32.2. The summed E-state index contributed by atoms with van der Waals surface area (Å²) < 4.78 is 32.0. The summed E-state index contributed by atoms with van der Waals surface area (Å²) in [5, 5.41) is 22.0. The summed E-state index contributed by atoms with van der Waals surface area (Å²) in [7, 11) is 0. The molecule has 0 saturated carbocycles. The second kappa shape index (κ2) is 6.43. The van der Waals surface area contributed by atoms with E-state index >= 15 is 0 Å². The molecule has 126 valence electrons. The van der Waals surface area contributed by atoms with Gasteiger partial charge in [-0.2, -0.15) is 0 Å². The lowest BCUT2D eigenvalue weighted by molar-refractivity contribution is 0.508. The van der Waals surface area contributed by atoms with Gasteiger partial charge in [-0.15, -0.1) is 15.3 Å². The van der Waals surface area contributed by atoms with Crippen molar-refractivity contribution in [1.82, 2.24) is 35.8 Å².